The minimum atomic E-state index is -3.52. The van der Waals surface area contributed by atoms with Gasteiger partial charge < -0.3 is 14.5 Å². The number of pyridine rings is 1. The van der Waals surface area contributed by atoms with E-state index in [1.54, 1.807) is 26.3 Å². The van der Waals surface area contributed by atoms with Gasteiger partial charge in [-0.25, -0.2) is 13.4 Å². The summed E-state index contributed by atoms with van der Waals surface area (Å²) in [6.07, 6.45) is 5.16. The standard InChI is InChI=1S/C13H16N2O3S2.C3H7N.C3H8.C2H6.CH2O/c1-2-3-8-18-11-4-5-13(14-9-11)20(16,17)15-7-6-12(19)10-15;1-3-4-2;1-3-2;2*1-2/h4-5,9,12,19H,6-8,10H2,1H3;3H,1-2H3;3H2,1-2H3;1-2H3;1H2. The maximum absolute atomic E-state index is 12.3. The van der Waals surface area contributed by atoms with Crippen molar-refractivity contribution in [1.82, 2.24) is 9.29 Å². The Bertz CT molecular complexity index is 723. The van der Waals surface area contributed by atoms with Crippen molar-refractivity contribution in [3.63, 3.8) is 0 Å². The third-order valence-corrected chi connectivity index (χ3v) is 5.39. The Morgan fingerprint density at radius 3 is 2.26 bits per heavy atom. The minimum absolute atomic E-state index is 0.0360. The summed E-state index contributed by atoms with van der Waals surface area (Å²) in [5.41, 5.74) is 0. The Hall–Kier alpha value is -1.89. The lowest BCUT2D eigenvalue weighted by Gasteiger charge is -2.15. The molecular formula is C22H39N3O4S2. The van der Waals surface area contributed by atoms with Gasteiger partial charge in [0, 0.05) is 25.4 Å². The highest BCUT2D eigenvalue weighted by atomic mass is 32.2. The summed E-state index contributed by atoms with van der Waals surface area (Å²) in [4.78, 5) is 15.6. The number of aromatic nitrogens is 1. The number of sulfonamides is 1. The van der Waals surface area contributed by atoms with Crippen LogP contribution in [0.25, 0.3) is 0 Å². The van der Waals surface area contributed by atoms with E-state index in [-0.39, 0.29) is 16.9 Å². The van der Waals surface area contributed by atoms with E-state index < -0.39 is 10.0 Å². The Morgan fingerprint density at radius 1 is 1.35 bits per heavy atom. The molecule has 1 saturated heterocycles. The fourth-order valence-electron chi connectivity index (χ4n) is 1.86. The van der Waals surface area contributed by atoms with E-state index in [0.717, 1.165) is 6.42 Å². The molecule has 0 amide bonds. The van der Waals surface area contributed by atoms with E-state index >= 15 is 0 Å². The lowest BCUT2D eigenvalue weighted by Crippen LogP contribution is -2.29. The van der Waals surface area contributed by atoms with Crippen molar-refractivity contribution < 1.29 is 17.9 Å². The Kier molecular flexibility index (Phi) is 24.8. The van der Waals surface area contributed by atoms with Crippen molar-refractivity contribution in [1.29, 1.82) is 0 Å². The van der Waals surface area contributed by atoms with Crippen LogP contribution in [0.15, 0.2) is 28.3 Å². The van der Waals surface area contributed by atoms with Gasteiger partial charge in [0.15, 0.2) is 5.03 Å². The SMILES string of the molecule is C=O.CC.CC#CCOc1ccc(S(=O)(=O)N2CCC(S)C2)nc1.CC=NC.CCC. The highest BCUT2D eigenvalue weighted by molar-refractivity contribution is 7.89. The molecule has 1 aliphatic heterocycles. The third kappa shape index (κ3) is 15.5. The highest BCUT2D eigenvalue weighted by Gasteiger charge is 2.31. The predicted octanol–water partition coefficient (Wildman–Crippen LogP) is 4.14. The van der Waals surface area contributed by atoms with Gasteiger partial charge in [-0.15, -0.1) is 5.92 Å². The lowest BCUT2D eigenvalue weighted by molar-refractivity contribution is -0.0980. The first kappa shape index (κ1) is 33.7. The molecule has 2 rings (SSSR count). The van der Waals surface area contributed by atoms with Crippen molar-refractivity contribution in [3.05, 3.63) is 18.3 Å². The van der Waals surface area contributed by atoms with Crippen LogP contribution in [-0.2, 0) is 14.8 Å². The summed E-state index contributed by atoms with van der Waals surface area (Å²) >= 11 is 4.30. The molecule has 9 heteroatoms. The third-order valence-electron chi connectivity index (χ3n) is 3.19. The molecule has 7 nitrogen and oxygen atoms in total. The van der Waals surface area contributed by atoms with E-state index in [9.17, 15) is 8.42 Å². The van der Waals surface area contributed by atoms with Gasteiger partial charge in [-0.3, -0.25) is 0 Å². The molecule has 1 aromatic heterocycles. The molecule has 1 aromatic rings. The predicted molar refractivity (Wildman–Crippen MR) is 134 cm³/mol. The first-order valence-corrected chi connectivity index (χ1v) is 12.1. The molecule has 1 atom stereocenters. The van der Waals surface area contributed by atoms with Gasteiger partial charge in [0.1, 0.15) is 19.1 Å². The summed E-state index contributed by atoms with van der Waals surface area (Å²) in [5.74, 6) is 5.97. The molecule has 0 aromatic carbocycles. The Morgan fingerprint density at radius 2 is 1.90 bits per heavy atom. The zero-order valence-corrected chi connectivity index (χ0v) is 21.7. The van der Waals surface area contributed by atoms with Crippen LogP contribution in [0.1, 0.15) is 54.4 Å². The smallest absolute Gasteiger partial charge is 0.260 e. The van der Waals surface area contributed by atoms with Gasteiger partial charge in [0.05, 0.1) is 6.20 Å². The molecule has 178 valence electrons. The molecule has 1 unspecified atom stereocenters. The molecule has 0 bridgehead atoms. The Labute approximate surface area is 195 Å². The van der Waals surface area contributed by atoms with Crippen molar-refractivity contribution in [3.8, 4) is 17.6 Å². The largest absolute Gasteiger partial charge is 0.479 e. The van der Waals surface area contributed by atoms with Gasteiger partial charge in [-0.05, 0) is 38.6 Å². The van der Waals surface area contributed by atoms with Crippen LogP contribution in [0.3, 0.4) is 0 Å². The number of carbonyl (C=O) groups excluding carboxylic acids is 1. The van der Waals surface area contributed by atoms with Crippen molar-refractivity contribution in [2.24, 2.45) is 4.99 Å². The monoisotopic (exact) mass is 473 g/mol. The van der Waals surface area contributed by atoms with E-state index in [1.807, 2.05) is 27.6 Å². The van der Waals surface area contributed by atoms with Crippen LogP contribution in [0.2, 0.25) is 0 Å². The fraction of sp³-hybridized carbons (Fsp3) is 0.591. The molecule has 0 saturated carbocycles. The van der Waals surface area contributed by atoms with Gasteiger partial charge in [0.25, 0.3) is 10.0 Å². The van der Waals surface area contributed by atoms with E-state index in [4.69, 9.17) is 9.53 Å². The van der Waals surface area contributed by atoms with Crippen LogP contribution in [0.5, 0.6) is 5.75 Å². The number of nitrogens with zero attached hydrogens (tertiary/aromatic N) is 3. The van der Waals surface area contributed by atoms with Gasteiger partial charge in [-0.1, -0.05) is 40.0 Å². The fourth-order valence-corrected chi connectivity index (χ4v) is 3.69. The first-order chi connectivity index (χ1) is 14.9. The molecule has 31 heavy (non-hydrogen) atoms. The quantitative estimate of drug-likeness (QED) is 0.403. The normalized spacial score (nSPS) is 14.6. The maximum atomic E-state index is 12.3. The molecule has 0 N–H and O–H groups in total. The van der Waals surface area contributed by atoms with E-state index in [2.05, 4.69) is 48.3 Å². The molecule has 0 aliphatic carbocycles. The topological polar surface area (TPSA) is 88.9 Å². The molecule has 2 heterocycles. The Balaban J connectivity index is -0.000000605. The average Bonchev–Trinajstić information content (AvgIpc) is 3.25. The molecule has 1 fully saturated rings. The van der Waals surface area contributed by atoms with Crippen molar-refractivity contribution in [2.75, 3.05) is 26.7 Å². The van der Waals surface area contributed by atoms with Gasteiger partial charge >= 0.3 is 0 Å². The minimum Gasteiger partial charge on any atom is -0.479 e. The number of rotatable bonds is 4. The highest BCUT2D eigenvalue weighted by Crippen LogP contribution is 2.23. The number of thiol groups is 1. The van der Waals surface area contributed by atoms with E-state index in [1.165, 1.54) is 23.0 Å². The number of ether oxygens (including phenoxy) is 1. The maximum Gasteiger partial charge on any atom is 0.260 e. The molecule has 0 spiro atoms. The van der Waals surface area contributed by atoms with Crippen molar-refractivity contribution in [2.45, 2.75) is 64.7 Å². The number of hydrogen-bond donors (Lipinski definition) is 1. The average molecular weight is 474 g/mol. The van der Waals surface area contributed by atoms with Gasteiger partial charge in [0.2, 0.25) is 0 Å². The zero-order valence-electron chi connectivity index (χ0n) is 20.0. The number of aliphatic imine (C=N–C) groups is 1. The number of carbonyl (C=O) groups is 1. The van der Waals surface area contributed by atoms with Crippen LogP contribution in [0.4, 0.5) is 0 Å². The second kappa shape index (κ2) is 22.8. The van der Waals surface area contributed by atoms with Crippen LogP contribution in [-0.4, -0.2) is 62.7 Å². The summed E-state index contributed by atoms with van der Waals surface area (Å²) < 4.78 is 31.3. The first-order valence-electron chi connectivity index (χ1n) is 10.2. The molecular weight excluding hydrogens is 434 g/mol. The molecule has 0 radical (unpaired) electrons. The summed E-state index contributed by atoms with van der Waals surface area (Å²) in [6.45, 7) is 15.0. The van der Waals surface area contributed by atoms with E-state index in [0.29, 0.717) is 18.8 Å². The van der Waals surface area contributed by atoms with Crippen molar-refractivity contribution >= 4 is 35.7 Å². The second-order valence-corrected chi connectivity index (χ2v) is 8.19. The summed E-state index contributed by atoms with van der Waals surface area (Å²) in [6, 6.07) is 3.04. The van der Waals surface area contributed by atoms with Gasteiger partial charge in [-0.2, -0.15) is 16.9 Å². The lowest BCUT2D eigenvalue weighted by atomic mass is 10.4. The second-order valence-electron chi connectivity index (χ2n) is 5.58. The van der Waals surface area contributed by atoms with Crippen LogP contribution < -0.4 is 4.74 Å². The molecule has 1 aliphatic rings. The number of hydrogen-bond acceptors (Lipinski definition) is 7. The van der Waals surface area contributed by atoms with Crippen LogP contribution in [0, 0.1) is 11.8 Å². The zero-order chi connectivity index (χ0) is 24.7. The van der Waals surface area contributed by atoms with Crippen LogP contribution >= 0.6 is 12.6 Å². The summed E-state index contributed by atoms with van der Waals surface area (Å²) in [5, 5.41) is 0.133. The summed E-state index contributed by atoms with van der Waals surface area (Å²) in [7, 11) is -1.77.